The molecule has 0 aliphatic carbocycles. The van der Waals surface area contributed by atoms with Crippen LogP contribution in [0.3, 0.4) is 0 Å². The molecule has 0 saturated carbocycles. The van der Waals surface area contributed by atoms with Crippen LogP contribution < -0.4 is 5.32 Å². The molecule has 1 unspecified atom stereocenters. The molecule has 3 nitrogen and oxygen atoms in total. The van der Waals surface area contributed by atoms with Crippen LogP contribution in [0.2, 0.25) is 0 Å². The van der Waals surface area contributed by atoms with Crippen LogP contribution in [0.1, 0.15) is 61.0 Å². The molecule has 2 aromatic carbocycles. The van der Waals surface area contributed by atoms with E-state index >= 15 is 0 Å². The van der Waals surface area contributed by atoms with E-state index in [0.29, 0.717) is 18.5 Å². The van der Waals surface area contributed by atoms with Crippen molar-refractivity contribution < 1.29 is 9.90 Å². The lowest BCUT2D eigenvalue weighted by atomic mass is 9.86. The highest BCUT2D eigenvalue weighted by molar-refractivity contribution is 5.94. The smallest absolute Gasteiger partial charge is 0.251 e. The van der Waals surface area contributed by atoms with E-state index in [1.165, 1.54) is 11.1 Å². The number of rotatable bonds is 7. The second kappa shape index (κ2) is 8.82. The lowest BCUT2D eigenvalue weighted by Crippen LogP contribution is -2.26. The van der Waals surface area contributed by atoms with Crippen LogP contribution in [0.4, 0.5) is 0 Å². The molecule has 25 heavy (non-hydrogen) atoms. The third kappa shape index (κ3) is 5.71. The maximum atomic E-state index is 12.3. The third-order valence-electron chi connectivity index (χ3n) is 4.54. The monoisotopic (exact) mass is 339 g/mol. The molecule has 3 heteroatoms. The van der Waals surface area contributed by atoms with E-state index in [9.17, 15) is 9.90 Å². The summed E-state index contributed by atoms with van der Waals surface area (Å²) in [6, 6.07) is 18.0. The average Bonchev–Trinajstić information content (AvgIpc) is 2.61. The quantitative estimate of drug-likeness (QED) is 0.791. The largest absolute Gasteiger partial charge is 0.396 e. The van der Waals surface area contributed by atoms with E-state index in [2.05, 4.69) is 38.2 Å². The summed E-state index contributed by atoms with van der Waals surface area (Å²) in [5, 5.41) is 12.3. The van der Waals surface area contributed by atoms with Gasteiger partial charge in [0.1, 0.15) is 0 Å². The van der Waals surface area contributed by atoms with Crippen LogP contribution in [-0.2, 0) is 5.41 Å². The highest BCUT2D eigenvalue weighted by Gasteiger charge is 2.15. The highest BCUT2D eigenvalue weighted by Crippen LogP contribution is 2.23. The van der Waals surface area contributed by atoms with Gasteiger partial charge in [-0.2, -0.15) is 0 Å². The first-order valence-corrected chi connectivity index (χ1v) is 8.96. The van der Waals surface area contributed by atoms with Crippen LogP contribution in [0.15, 0.2) is 54.6 Å². The zero-order chi connectivity index (χ0) is 18.3. The van der Waals surface area contributed by atoms with Crippen molar-refractivity contribution in [3.63, 3.8) is 0 Å². The van der Waals surface area contributed by atoms with E-state index in [0.717, 1.165) is 6.42 Å². The second-order valence-electron chi connectivity index (χ2n) is 7.49. The Morgan fingerprint density at radius 2 is 1.64 bits per heavy atom. The molecule has 2 aromatic rings. The average molecular weight is 339 g/mol. The van der Waals surface area contributed by atoms with Gasteiger partial charge < -0.3 is 10.4 Å². The first kappa shape index (κ1) is 19.2. The molecule has 1 amide bonds. The zero-order valence-corrected chi connectivity index (χ0v) is 15.5. The molecule has 2 N–H and O–H groups in total. The molecule has 134 valence electrons. The van der Waals surface area contributed by atoms with Gasteiger partial charge in [-0.1, -0.05) is 63.2 Å². The fraction of sp³-hybridized carbons (Fsp3) is 0.409. The van der Waals surface area contributed by atoms with E-state index in [4.69, 9.17) is 0 Å². The van der Waals surface area contributed by atoms with Crippen LogP contribution in [-0.4, -0.2) is 24.2 Å². The van der Waals surface area contributed by atoms with Crippen molar-refractivity contribution in [3.05, 3.63) is 71.3 Å². The molecular weight excluding hydrogens is 310 g/mol. The van der Waals surface area contributed by atoms with Gasteiger partial charge in [-0.05, 0) is 47.4 Å². The summed E-state index contributed by atoms with van der Waals surface area (Å²) in [6.07, 6.45) is 1.52. The van der Waals surface area contributed by atoms with Crippen LogP contribution in [0, 0.1) is 0 Å². The lowest BCUT2D eigenvalue weighted by Gasteiger charge is -2.19. The van der Waals surface area contributed by atoms with Crippen molar-refractivity contribution in [2.75, 3.05) is 13.2 Å². The first-order chi connectivity index (χ1) is 11.9. The highest BCUT2D eigenvalue weighted by atomic mass is 16.3. The summed E-state index contributed by atoms with van der Waals surface area (Å²) in [7, 11) is 0. The Bertz CT molecular complexity index is 657. The van der Waals surface area contributed by atoms with Gasteiger partial charge in [-0.25, -0.2) is 0 Å². The number of amides is 1. The second-order valence-corrected chi connectivity index (χ2v) is 7.49. The Morgan fingerprint density at radius 3 is 2.20 bits per heavy atom. The Balaban J connectivity index is 1.90. The number of aliphatic hydroxyl groups is 1. The molecule has 0 aliphatic rings. The number of hydrogen-bond acceptors (Lipinski definition) is 2. The maximum absolute atomic E-state index is 12.3. The lowest BCUT2D eigenvalue weighted by molar-refractivity contribution is 0.0952. The fourth-order valence-electron chi connectivity index (χ4n) is 2.94. The van der Waals surface area contributed by atoms with Crippen LogP contribution in [0.25, 0.3) is 0 Å². The van der Waals surface area contributed by atoms with Gasteiger partial charge in [0.2, 0.25) is 0 Å². The predicted molar refractivity (Wildman–Crippen MR) is 103 cm³/mol. The summed E-state index contributed by atoms with van der Waals surface area (Å²) >= 11 is 0. The van der Waals surface area contributed by atoms with Crippen molar-refractivity contribution in [2.24, 2.45) is 0 Å². The van der Waals surface area contributed by atoms with E-state index in [1.54, 1.807) is 0 Å². The molecule has 1 atom stereocenters. The van der Waals surface area contributed by atoms with Crippen LogP contribution >= 0.6 is 0 Å². The van der Waals surface area contributed by atoms with Crippen molar-refractivity contribution in [1.29, 1.82) is 0 Å². The van der Waals surface area contributed by atoms with Gasteiger partial charge in [-0.3, -0.25) is 4.79 Å². The number of hydrogen-bond donors (Lipinski definition) is 2. The van der Waals surface area contributed by atoms with Gasteiger partial charge in [0.15, 0.2) is 0 Å². The Morgan fingerprint density at radius 1 is 1.00 bits per heavy atom. The van der Waals surface area contributed by atoms with Crippen molar-refractivity contribution in [3.8, 4) is 0 Å². The number of carbonyl (C=O) groups is 1. The predicted octanol–water partition coefficient (Wildman–Crippen LogP) is 4.27. The third-order valence-corrected chi connectivity index (χ3v) is 4.54. The summed E-state index contributed by atoms with van der Waals surface area (Å²) in [6.45, 7) is 7.23. The number of carbonyl (C=O) groups excluding carboxylic acids is 1. The van der Waals surface area contributed by atoms with Crippen molar-refractivity contribution in [2.45, 2.75) is 44.9 Å². The Hall–Kier alpha value is -2.13. The standard InChI is InChI=1S/C22H29NO2/c1-22(2,3)20-11-9-19(10-12-20)21(25)23-15-13-18(14-16-24)17-7-5-4-6-8-17/h4-12,18,24H,13-16H2,1-3H3,(H,23,25). The molecule has 0 fully saturated rings. The summed E-state index contributed by atoms with van der Waals surface area (Å²) < 4.78 is 0. The first-order valence-electron chi connectivity index (χ1n) is 8.96. The molecule has 0 spiro atoms. The SMILES string of the molecule is CC(C)(C)c1ccc(C(=O)NCCC(CCO)c2ccccc2)cc1. The summed E-state index contributed by atoms with van der Waals surface area (Å²) in [4.78, 5) is 12.3. The minimum Gasteiger partial charge on any atom is -0.396 e. The molecule has 2 rings (SSSR count). The molecule has 0 radical (unpaired) electrons. The molecule has 0 aromatic heterocycles. The summed E-state index contributed by atoms with van der Waals surface area (Å²) in [5.74, 6) is 0.214. The number of aliphatic hydroxyl groups excluding tert-OH is 1. The van der Waals surface area contributed by atoms with Gasteiger partial charge in [0.05, 0.1) is 0 Å². The van der Waals surface area contributed by atoms with Crippen LogP contribution in [0.5, 0.6) is 0 Å². The van der Waals surface area contributed by atoms with E-state index in [-0.39, 0.29) is 23.8 Å². The minimum absolute atomic E-state index is 0.0451. The maximum Gasteiger partial charge on any atom is 0.251 e. The molecule has 0 heterocycles. The molecule has 0 aliphatic heterocycles. The van der Waals surface area contributed by atoms with Crippen molar-refractivity contribution in [1.82, 2.24) is 5.32 Å². The molecule has 0 saturated heterocycles. The van der Waals surface area contributed by atoms with Crippen molar-refractivity contribution >= 4 is 5.91 Å². The van der Waals surface area contributed by atoms with Gasteiger partial charge in [-0.15, -0.1) is 0 Å². The minimum atomic E-state index is -0.0451. The zero-order valence-electron chi connectivity index (χ0n) is 15.5. The Labute approximate surface area is 151 Å². The number of benzene rings is 2. The van der Waals surface area contributed by atoms with E-state index < -0.39 is 0 Å². The van der Waals surface area contributed by atoms with Gasteiger partial charge >= 0.3 is 0 Å². The molecule has 0 bridgehead atoms. The Kier molecular flexibility index (Phi) is 6.77. The normalized spacial score (nSPS) is 12.6. The molecular formula is C22H29NO2. The topological polar surface area (TPSA) is 49.3 Å². The van der Waals surface area contributed by atoms with Gasteiger partial charge in [0, 0.05) is 18.7 Å². The van der Waals surface area contributed by atoms with E-state index in [1.807, 2.05) is 42.5 Å². The number of nitrogens with one attached hydrogen (secondary N) is 1. The summed E-state index contributed by atoms with van der Waals surface area (Å²) in [5.41, 5.74) is 3.20. The van der Waals surface area contributed by atoms with Gasteiger partial charge in [0.25, 0.3) is 5.91 Å². The fourth-order valence-corrected chi connectivity index (χ4v) is 2.94.